The van der Waals surface area contributed by atoms with Crippen LogP contribution in [-0.2, 0) is 34.1 Å². The van der Waals surface area contributed by atoms with E-state index in [1.165, 1.54) is 25.1 Å². The van der Waals surface area contributed by atoms with Crippen LogP contribution in [0.2, 0.25) is 0 Å². The number of rotatable bonds is 12. The molecule has 0 aliphatic heterocycles. The standard InChI is InChI=1S/C31H49NO9/c1-13-29(8,9)24(33)40-22-16-15-21(17-23(22)41-25(34)30(10,11)14-2)31(12,32)26(35)38-19(3)20(4)39-27(36)37-18-28(5,6)7/h15-17,19-20H,13-14,18,32H2,1-12H3/t19-,20-,31-/m0/s1. The van der Waals surface area contributed by atoms with Crippen LogP contribution in [0.25, 0.3) is 0 Å². The van der Waals surface area contributed by atoms with Crippen LogP contribution in [0.3, 0.4) is 0 Å². The molecule has 1 aromatic rings. The second kappa shape index (κ2) is 13.7. The molecule has 0 saturated heterocycles. The molecule has 3 atom stereocenters. The Labute approximate surface area is 244 Å². The van der Waals surface area contributed by atoms with Gasteiger partial charge in [0.15, 0.2) is 11.5 Å². The molecule has 10 nitrogen and oxygen atoms in total. The topological polar surface area (TPSA) is 140 Å². The van der Waals surface area contributed by atoms with Crippen molar-refractivity contribution < 1.29 is 42.9 Å². The summed E-state index contributed by atoms with van der Waals surface area (Å²) < 4.78 is 27.2. The van der Waals surface area contributed by atoms with Gasteiger partial charge in [-0.05, 0) is 84.4 Å². The summed E-state index contributed by atoms with van der Waals surface area (Å²) in [6, 6.07) is 4.32. The molecule has 0 aliphatic rings. The summed E-state index contributed by atoms with van der Waals surface area (Å²) in [6.07, 6.45) is -1.51. The maximum absolute atomic E-state index is 13.2. The molecule has 0 unspecified atom stereocenters. The molecule has 1 rings (SSSR count). The van der Waals surface area contributed by atoms with E-state index in [1.807, 2.05) is 34.6 Å². The maximum Gasteiger partial charge on any atom is 0.508 e. The molecule has 2 N–H and O–H groups in total. The Balaban J connectivity index is 3.22. The Morgan fingerprint density at radius 2 is 1.20 bits per heavy atom. The average Bonchev–Trinajstić information content (AvgIpc) is 2.87. The van der Waals surface area contributed by atoms with Crippen molar-refractivity contribution in [1.82, 2.24) is 0 Å². The van der Waals surface area contributed by atoms with E-state index in [9.17, 15) is 19.2 Å². The van der Waals surface area contributed by atoms with Crippen LogP contribution < -0.4 is 15.2 Å². The molecular weight excluding hydrogens is 530 g/mol. The van der Waals surface area contributed by atoms with E-state index in [0.29, 0.717) is 12.8 Å². The van der Waals surface area contributed by atoms with E-state index in [1.54, 1.807) is 41.5 Å². The first-order valence-electron chi connectivity index (χ1n) is 14.0. The summed E-state index contributed by atoms with van der Waals surface area (Å²) in [6.45, 7) is 21.2. The summed E-state index contributed by atoms with van der Waals surface area (Å²) >= 11 is 0. The van der Waals surface area contributed by atoms with Gasteiger partial charge >= 0.3 is 24.1 Å². The lowest BCUT2D eigenvalue weighted by Gasteiger charge is -2.28. The Hall–Kier alpha value is -3.14. The average molecular weight is 580 g/mol. The summed E-state index contributed by atoms with van der Waals surface area (Å²) in [5.41, 5.74) is 3.15. The quantitative estimate of drug-likeness (QED) is 0.229. The third kappa shape index (κ3) is 10.3. The van der Waals surface area contributed by atoms with Crippen molar-refractivity contribution in [2.24, 2.45) is 22.0 Å². The van der Waals surface area contributed by atoms with Crippen molar-refractivity contribution >= 4 is 24.1 Å². The largest absolute Gasteiger partial charge is 0.508 e. The first-order chi connectivity index (χ1) is 18.6. The van der Waals surface area contributed by atoms with Crippen molar-refractivity contribution in [3.63, 3.8) is 0 Å². The second-order valence-electron chi connectivity index (χ2n) is 13.2. The lowest BCUT2D eigenvalue weighted by molar-refractivity contribution is -0.160. The van der Waals surface area contributed by atoms with Gasteiger partial charge in [-0.1, -0.05) is 40.7 Å². The molecule has 10 heteroatoms. The zero-order valence-corrected chi connectivity index (χ0v) is 26.8. The van der Waals surface area contributed by atoms with E-state index >= 15 is 0 Å². The van der Waals surface area contributed by atoms with Crippen molar-refractivity contribution in [1.29, 1.82) is 0 Å². The molecule has 0 fully saturated rings. The fraction of sp³-hybridized carbons (Fsp3) is 0.677. The fourth-order valence-electron chi connectivity index (χ4n) is 2.82. The molecular formula is C31H49NO9. The number of hydrogen-bond acceptors (Lipinski definition) is 10. The van der Waals surface area contributed by atoms with Gasteiger partial charge in [-0.25, -0.2) is 9.59 Å². The number of carbonyl (C=O) groups is 4. The van der Waals surface area contributed by atoms with Gasteiger partial charge in [0.1, 0.15) is 17.7 Å². The Morgan fingerprint density at radius 1 is 0.732 bits per heavy atom. The second-order valence-corrected chi connectivity index (χ2v) is 13.2. The first kappa shape index (κ1) is 35.9. The van der Waals surface area contributed by atoms with Crippen LogP contribution >= 0.6 is 0 Å². The number of carbonyl (C=O) groups excluding carboxylic acids is 4. The molecule has 0 aromatic heterocycles. The van der Waals surface area contributed by atoms with E-state index < -0.39 is 52.6 Å². The van der Waals surface area contributed by atoms with Crippen LogP contribution in [0, 0.1) is 16.2 Å². The molecule has 41 heavy (non-hydrogen) atoms. The first-order valence-corrected chi connectivity index (χ1v) is 14.0. The molecule has 0 bridgehead atoms. The lowest BCUT2D eigenvalue weighted by atomic mass is 9.90. The maximum atomic E-state index is 13.2. The van der Waals surface area contributed by atoms with Gasteiger partial charge in [-0.2, -0.15) is 0 Å². The Morgan fingerprint density at radius 3 is 1.66 bits per heavy atom. The number of ether oxygens (including phenoxy) is 5. The van der Waals surface area contributed by atoms with E-state index in [0.717, 1.165) is 0 Å². The van der Waals surface area contributed by atoms with E-state index in [2.05, 4.69) is 0 Å². The number of esters is 3. The zero-order valence-electron chi connectivity index (χ0n) is 26.8. The van der Waals surface area contributed by atoms with Crippen molar-refractivity contribution in [2.75, 3.05) is 6.61 Å². The van der Waals surface area contributed by atoms with Gasteiger partial charge < -0.3 is 29.4 Å². The van der Waals surface area contributed by atoms with Crippen LogP contribution in [0.15, 0.2) is 18.2 Å². The monoisotopic (exact) mass is 579 g/mol. The highest BCUT2D eigenvalue weighted by Crippen LogP contribution is 2.36. The van der Waals surface area contributed by atoms with Crippen molar-refractivity contribution in [2.45, 2.75) is 114 Å². The van der Waals surface area contributed by atoms with Crippen molar-refractivity contribution in [3.8, 4) is 11.5 Å². The normalized spacial score (nSPS) is 15.1. The highest BCUT2D eigenvalue weighted by Gasteiger charge is 2.37. The predicted octanol–water partition coefficient (Wildman–Crippen LogP) is 6.06. The van der Waals surface area contributed by atoms with Crippen molar-refractivity contribution in [3.05, 3.63) is 23.8 Å². The van der Waals surface area contributed by atoms with Crippen LogP contribution in [0.1, 0.15) is 101 Å². The van der Waals surface area contributed by atoms with Gasteiger partial charge in [0.25, 0.3) is 0 Å². The predicted molar refractivity (Wildman–Crippen MR) is 154 cm³/mol. The number of hydrogen-bond donors (Lipinski definition) is 1. The Kier molecular flexibility index (Phi) is 12.0. The van der Waals surface area contributed by atoms with Crippen LogP contribution in [-0.4, -0.2) is 42.9 Å². The van der Waals surface area contributed by atoms with Gasteiger partial charge in [0, 0.05) is 0 Å². The fourth-order valence-corrected chi connectivity index (χ4v) is 2.82. The van der Waals surface area contributed by atoms with Gasteiger partial charge in [-0.15, -0.1) is 0 Å². The van der Waals surface area contributed by atoms with E-state index in [4.69, 9.17) is 29.4 Å². The van der Waals surface area contributed by atoms with Gasteiger partial charge in [0.2, 0.25) is 0 Å². The summed E-state index contributed by atoms with van der Waals surface area (Å²) in [7, 11) is 0. The van der Waals surface area contributed by atoms with E-state index in [-0.39, 0.29) is 29.1 Å². The lowest BCUT2D eigenvalue weighted by Crippen LogP contribution is -2.46. The molecule has 0 aliphatic carbocycles. The molecule has 0 saturated carbocycles. The number of benzene rings is 1. The highest BCUT2D eigenvalue weighted by molar-refractivity contribution is 5.84. The smallest absolute Gasteiger partial charge is 0.457 e. The summed E-state index contributed by atoms with van der Waals surface area (Å²) in [4.78, 5) is 50.9. The third-order valence-corrected chi connectivity index (χ3v) is 7.10. The summed E-state index contributed by atoms with van der Waals surface area (Å²) in [5.74, 6) is -1.88. The minimum absolute atomic E-state index is 0.0221. The SMILES string of the molecule is CCC(C)(C)C(=O)Oc1ccc([C@](C)(N)C(=O)O[C@@H](C)[C@H](C)OC(=O)OCC(C)(C)C)cc1OC(=O)C(C)(C)CC. The highest BCUT2D eigenvalue weighted by atomic mass is 16.7. The minimum atomic E-state index is -1.70. The zero-order chi connectivity index (χ0) is 32.0. The molecule has 1 aromatic carbocycles. The minimum Gasteiger partial charge on any atom is -0.457 e. The molecule has 232 valence electrons. The van der Waals surface area contributed by atoms with Crippen LogP contribution in [0.4, 0.5) is 4.79 Å². The van der Waals surface area contributed by atoms with Gasteiger partial charge in [0.05, 0.1) is 17.4 Å². The third-order valence-electron chi connectivity index (χ3n) is 7.10. The molecule has 0 spiro atoms. The number of nitrogens with two attached hydrogens (primary N) is 1. The molecule has 0 amide bonds. The summed E-state index contributed by atoms with van der Waals surface area (Å²) in [5, 5.41) is 0. The van der Waals surface area contributed by atoms with Gasteiger partial charge in [-0.3, -0.25) is 9.59 Å². The van der Waals surface area contributed by atoms with Crippen LogP contribution in [0.5, 0.6) is 11.5 Å². The Bertz CT molecular complexity index is 1100. The molecule has 0 radical (unpaired) electrons. The molecule has 0 heterocycles.